The average Bonchev–Trinajstić information content (AvgIpc) is 2.86. The summed E-state index contributed by atoms with van der Waals surface area (Å²) in [7, 11) is 0. The molecule has 0 saturated carbocycles. The van der Waals surface area contributed by atoms with Crippen LogP contribution in [-0.2, 0) is 33.5 Å². The van der Waals surface area contributed by atoms with Gasteiger partial charge in [-0.3, -0.25) is 9.59 Å². The first-order chi connectivity index (χ1) is 12.5. The fraction of sp³-hybridized carbons (Fsp3) is 0.588. The molecule has 1 heterocycles. The van der Waals surface area contributed by atoms with Crippen LogP contribution in [0.3, 0.4) is 0 Å². The molecule has 1 aliphatic heterocycles. The Morgan fingerprint density at radius 3 is 2.33 bits per heavy atom. The van der Waals surface area contributed by atoms with Crippen LogP contribution in [-0.4, -0.2) is 53.2 Å². The van der Waals surface area contributed by atoms with Crippen molar-refractivity contribution < 1.29 is 38.3 Å². The molecule has 0 aromatic carbocycles. The van der Waals surface area contributed by atoms with E-state index in [0.717, 1.165) is 0 Å². The Kier molecular flexibility index (Phi) is 7.95. The van der Waals surface area contributed by atoms with Crippen molar-refractivity contribution in [3.05, 3.63) is 12.7 Å². The molecule has 0 aromatic rings. The Hall–Kier alpha value is -2.91. The number of hydrogen-bond acceptors (Lipinski definition) is 8. The third-order valence-corrected chi connectivity index (χ3v) is 3.15. The fourth-order valence-electron chi connectivity index (χ4n) is 2.01. The van der Waals surface area contributed by atoms with Crippen LogP contribution in [0.1, 0.15) is 46.5 Å². The van der Waals surface area contributed by atoms with Crippen LogP contribution in [0.25, 0.3) is 0 Å². The summed E-state index contributed by atoms with van der Waals surface area (Å²) in [6.07, 6.45) is -0.101. The molecule has 1 aliphatic rings. The van der Waals surface area contributed by atoms with Crippen LogP contribution in [0.4, 0.5) is 4.79 Å². The van der Waals surface area contributed by atoms with Crippen molar-refractivity contribution in [2.45, 2.75) is 58.1 Å². The molecule has 1 atom stereocenters. The smallest absolute Gasteiger partial charge is 0.408 e. The minimum absolute atomic E-state index is 0.0245. The highest BCUT2D eigenvalue weighted by atomic mass is 16.7. The van der Waals surface area contributed by atoms with E-state index in [4.69, 9.17) is 14.3 Å². The number of imide groups is 1. The first kappa shape index (κ1) is 22.1. The van der Waals surface area contributed by atoms with E-state index in [9.17, 15) is 24.0 Å². The molecule has 0 bridgehead atoms. The predicted octanol–water partition coefficient (Wildman–Crippen LogP) is 0.996. The molecule has 0 aromatic heterocycles. The maximum Gasteiger partial charge on any atom is 0.408 e. The topological polar surface area (TPSA) is 128 Å². The predicted molar refractivity (Wildman–Crippen MR) is 90.7 cm³/mol. The van der Waals surface area contributed by atoms with E-state index in [-0.39, 0.29) is 32.3 Å². The Labute approximate surface area is 156 Å². The van der Waals surface area contributed by atoms with Gasteiger partial charge in [0.1, 0.15) is 18.2 Å². The summed E-state index contributed by atoms with van der Waals surface area (Å²) in [4.78, 5) is 63.4. The second-order valence-electron chi connectivity index (χ2n) is 6.70. The van der Waals surface area contributed by atoms with Gasteiger partial charge in [0.15, 0.2) is 0 Å². The molecule has 1 rings (SSSR count). The normalized spacial score (nSPS) is 15.1. The van der Waals surface area contributed by atoms with Gasteiger partial charge < -0.3 is 19.6 Å². The largest absolute Gasteiger partial charge is 0.458 e. The zero-order valence-electron chi connectivity index (χ0n) is 15.6. The first-order valence-electron chi connectivity index (χ1n) is 8.37. The third-order valence-electron chi connectivity index (χ3n) is 3.15. The fourth-order valence-corrected chi connectivity index (χ4v) is 2.01. The highest BCUT2D eigenvalue weighted by molar-refractivity contribution is 6.01. The van der Waals surface area contributed by atoms with Gasteiger partial charge >= 0.3 is 18.0 Å². The van der Waals surface area contributed by atoms with Gasteiger partial charge in [0.05, 0.1) is 6.42 Å². The summed E-state index contributed by atoms with van der Waals surface area (Å²) in [5, 5.41) is 2.72. The molecule has 1 saturated heterocycles. The average molecular weight is 384 g/mol. The molecule has 10 nitrogen and oxygen atoms in total. The molecule has 0 radical (unpaired) electrons. The van der Waals surface area contributed by atoms with E-state index in [1.165, 1.54) is 6.08 Å². The van der Waals surface area contributed by atoms with Gasteiger partial charge in [0, 0.05) is 12.8 Å². The van der Waals surface area contributed by atoms with Crippen LogP contribution < -0.4 is 5.32 Å². The molecule has 0 spiro atoms. The van der Waals surface area contributed by atoms with Gasteiger partial charge in [-0.15, -0.1) is 5.06 Å². The quantitative estimate of drug-likeness (QED) is 0.373. The third kappa shape index (κ3) is 7.89. The van der Waals surface area contributed by atoms with Crippen LogP contribution in [0.5, 0.6) is 0 Å². The number of carbonyl (C=O) groups excluding carboxylic acids is 5. The highest BCUT2D eigenvalue weighted by Crippen LogP contribution is 2.15. The number of rotatable bonds is 8. The van der Waals surface area contributed by atoms with Gasteiger partial charge in [0.2, 0.25) is 0 Å². The molecular formula is C17H24N2O8. The molecule has 150 valence electrons. The Balaban J connectivity index is 2.66. The number of nitrogens with zero attached hydrogens (tertiary/aromatic N) is 1. The summed E-state index contributed by atoms with van der Waals surface area (Å²) in [6.45, 7) is 8.29. The van der Waals surface area contributed by atoms with E-state index in [0.29, 0.717) is 5.06 Å². The van der Waals surface area contributed by atoms with Gasteiger partial charge in [0.25, 0.3) is 11.8 Å². The van der Waals surface area contributed by atoms with E-state index in [1.807, 2.05) is 0 Å². The summed E-state index contributed by atoms with van der Waals surface area (Å²) in [6, 6.07) is -1.18. The number of alkyl carbamates (subject to hydrolysis) is 1. The number of amides is 3. The van der Waals surface area contributed by atoms with Crippen molar-refractivity contribution >= 4 is 29.8 Å². The van der Waals surface area contributed by atoms with Crippen molar-refractivity contribution in [3.8, 4) is 0 Å². The van der Waals surface area contributed by atoms with Crippen molar-refractivity contribution in [1.29, 1.82) is 0 Å². The zero-order valence-corrected chi connectivity index (χ0v) is 15.6. The molecule has 27 heavy (non-hydrogen) atoms. The van der Waals surface area contributed by atoms with Crippen molar-refractivity contribution in [2.24, 2.45) is 0 Å². The van der Waals surface area contributed by atoms with Crippen molar-refractivity contribution in [1.82, 2.24) is 10.4 Å². The number of ether oxygens (including phenoxy) is 2. The lowest BCUT2D eigenvalue weighted by molar-refractivity contribution is -0.197. The lowest BCUT2D eigenvalue weighted by Gasteiger charge is -2.24. The number of nitrogens with one attached hydrogen (secondary N) is 1. The molecule has 1 N–H and O–H groups in total. The zero-order chi connectivity index (χ0) is 20.6. The molecular weight excluding hydrogens is 360 g/mol. The number of esters is 1. The lowest BCUT2D eigenvalue weighted by atomic mass is 10.1. The van der Waals surface area contributed by atoms with Gasteiger partial charge in [-0.25, -0.2) is 14.4 Å². The number of carbonyl (C=O) groups is 5. The summed E-state index contributed by atoms with van der Waals surface area (Å²) in [5.41, 5.74) is -0.809. The summed E-state index contributed by atoms with van der Waals surface area (Å²) < 4.78 is 9.96. The van der Waals surface area contributed by atoms with Gasteiger partial charge in [-0.2, -0.15) is 0 Å². The Morgan fingerprint density at radius 2 is 1.81 bits per heavy atom. The van der Waals surface area contributed by atoms with Crippen LogP contribution in [0.15, 0.2) is 12.7 Å². The van der Waals surface area contributed by atoms with E-state index in [2.05, 4.69) is 11.9 Å². The van der Waals surface area contributed by atoms with Crippen LogP contribution >= 0.6 is 0 Å². The molecule has 3 amide bonds. The first-order valence-corrected chi connectivity index (χ1v) is 8.37. The Morgan fingerprint density at radius 1 is 1.22 bits per heavy atom. The molecule has 10 heteroatoms. The highest BCUT2D eigenvalue weighted by Gasteiger charge is 2.33. The van der Waals surface area contributed by atoms with E-state index in [1.54, 1.807) is 20.8 Å². The lowest BCUT2D eigenvalue weighted by Crippen LogP contribution is -2.45. The molecule has 0 aliphatic carbocycles. The SMILES string of the molecule is C=CCOC(=O)N[C@@H](CCC(=O)ON1C(=O)CCC1=O)C(=O)OC(C)(C)C. The maximum absolute atomic E-state index is 12.2. The second-order valence-corrected chi connectivity index (χ2v) is 6.70. The number of hydroxylamine groups is 2. The minimum Gasteiger partial charge on any atom is -0.458 e. The summed E-state index contributed by atoms with van der Waals surface area (Å²) >= 11 is 0. The monoisotopic (exact) mass is 384 g/mol. The van der Waals surface area contributed by atoms with Gasteiger partial charge in [-0.1, -0.05) is 12.7 Å². The van der Waals surface area contributed by atoms with E-state index >= 15 is 0 Å². The Bertz CT molecular complexity index is 607. The van der Waals surface area contributed by atoms with E-state index < -0.39 is 41.5 Å². The second kappa shape index (κ2) is 9.70. The molecule has 1 fully saturated rings. The maximum atomic E-state index is 12.2. The van der Waals surface area contributed by atoms with Gasteiger partial charge in [-0.05, 0) is 27.2 Å². The van der Waals surface area contributed by atoms with Crippen molar-refractivity contribution in [3.63, 3.8) is 0 Å². The summed E-state index contributed by atoms with van der Waals surface area (Å²) in [5.74, 6) is -2.88. The van der Waals surface area contributed by atoms with Crippen molar-refractivity contribution in [2.75, 3.05) is 6.61 Å². The molecule has 0 unspecified atom stereocenters. The minimum atomic E-state index is -1.18. The van der Waals surface area contributed by atoms with Crippen LogP contribution in [0, 0.1) is 0 Å². The van der Waals surface area contributed by atoms with Crippen LogP contribution in [0.2, 0.25) is 0 Å². The standard InChI is InChI=1S/C17H24N2O8/c1-5-10-25-16(24)18-11(15(23)26-17(2,3)4)6-9-14(22)27-19-12(20)7-8-13(19)21/h5,11H,1,6-10H2,2-4H3,(H,18,24)/t11-/m0/s1. The number of hydrogen-bond donors (Lipinski definition) is 1.